The highest BCUT2D eigenvalue weighted by Crippen LogP contribution is 2.27. The summed E-state index contributed by atoms with van der Waals surface area (Å²) in [4.78, 5) is 36.7. The van der Waals surface area contributed by atoms with E-state index < -0.39 is 0 Å². The third-order valence-corrected chi connectivity index (χ3v) is 5.30. The van der Waals surface area contributed by atoms with Crippen LogP contribution in [0.25, 0.3) is 10.8 Å². The molecule has 1 fully saturated rings. The maximum absolute atomic E-state index is 12.8. The van der Waals surface area contributed by atoms with E-state index in [0.29, 0.717) is 55.7 Å². The van der Waals surface area contributed by atoms with E-state index in [2.05, 4.69) is 20.8 Å². The fraction of sp³-hybridized carbons (Fsp3) is 0.273. The highest BCUT2D eigenvalue weighted by Gasteiger charge is 2.24. The topological polar surface area (TPSA) is 126 Å². The largest absolute Gasteiger partial charge is 0.450 e. The van der Waals surface area contributed by atoms with E-state index in [0.717, 1.165) is 10.8 Å². The molecule has 0 saturated carbocycles. The van der Waals surface area contributed by atoms with Crippen LogP contribution in [0.15, 0.2) is 48.8 Å². The number of hydrogen-bond donors (Lipinski definition) is 3. The minimum Gasteiger partial charge on any atom is -0.450 e. The second kappa shape index (κ2) is 9.38. The number of hydrazine groups is 1. The summed E-state index contributed by atoms with van der Waals surface area (Å²) in [5, 5.41) is 1.83. The number of amides is 2. The van der Waals surface area contributed by atoms with E-state index in [-0.39, 0.29) is 12.0 Å². The first-order valence-corrected chi connectivity index (χ1v) is 10.4. The monoisotopic (exact) mass is 435 g/mol. The molecule has 10 heteroatoms. The number of piperazine rings is 1. The quantitative estimate of drug-likeness (QED) is 0.521. The van der Waals surface area contributed by atoms with Crippen molar-refractivity contribution in [3.8, 4) is 0 Å². The molecule has 1 saturated heterocycles. The number of aromatic nitrogens is 2. The highest BCUT2D eigenvalue weighted by atomic mass is 16.6. The molecule has 0 aliphatic carbocycles. The van der Waals surface area contributed by atoms with Crippen molar-refractivity contribution in [1.82, 2.24) is 20.3 Å². The SMILES string of the molecule is CCOC(=O)N1CCN(c2ncnc(NNC(=O)c3cccc4ccccc34)c2N)CC1. The number of carbonyl (C=O) groups is 2. The second-order valence-electron chi connectivity index (χ2n) is 7.24. The van der Waals surface area contributed by atoms with Gasteiger partial charge in [-0.3, -0.25) is 15.6 Å². The Morgan fingerprint density at radius 1 is 1.06 bits per heavy atom. The molecule has 10 nitrogen and oxygen atoms in total. The lowest BCUT2D eigenvalue weighted by Crippen LogP contribution is -2.49. The zero-order valence-electron chi connectivity index (χ0n) is 17.7. The molecule has 0 radical (unpaired) electrons. The van der Waals surface area contributed by atoms with Crippen molar-refractivity contribution in [3.05, 3.63) is 54.4 Å². The molecular weight excluding hydrogens is 410 g/mol. The number of nitrogens with two attached hydrogens (primary N) is 1. The number of ether oxygens (including phenoxy) is 1. The molecule has 0 unspecified atom stereocenters. The van der Waals surface area contributed by atoms with Gasteiger partial charge in [-0.15, -0.1) is 0 Å². The number of nitrogens with zero attached hydrogens (tertiary/aromatic N) is 4. The van der Waals surface area contributed by atoms with Gasteiger partial charge in [0.15, 0.2) is 11.6 Å². The molecule has 4 N–H and O–H groups in total. The van der Waals surface area contributed by atoms with E-state index in [1.54, 1.807) is 17.9 Å². The molecule has 1 aliphatic heterocycles. The Balaban J connectivity index is 1.43. The van der Waals surface area contributed by atoms with Crippen LogP contribution in [0, 0.1) is 0 Å². The number of nitrogen functional groups attached to an aromatic ring is 1. The van der Waals surface area contributed by atoms with Crippen LogP contribution in [0.5, 0.6) is 0 Å². The van der Waals surface area contributed by atoms with Crippen LogP contribution in [0.2, 0.25) is 0 Å². The number of hydrogen-bond acceptors (Lipinski definition) is 8. The molecule has 4 rings (SSSR count). The van der Waals surface area contributed by atoms with Crippen molar-refractivity contribution in [1.29, 1.82) is 0 Å². The normalized spacial score (nSPS) is 13.7. The van der Waals surface area contributed by atoms with Gasteiger partial charge in [-0.25, -0.2) is 14.8 Å². The molecule has 2 heterocycles. The Morgan fingerprint density at radius 2 is 1.81 bits per heavy atom. The standard InChI is InChI=1S/C22H25N7O3/c1-2-32-22(31)29-12-10-28(11-13-29)20-18(23)19(24-14-25-20)26-27-21(30)17-9-5-7-15-6-3-4-8-16(15)17/h3-9,14H,2,10-13,23H2,1H3,(H,27,30)(H,24,25,26). The van der Waals surface area contributed by atoms with Crippen LogP contribution in [-0.4, -0.2) is 59.7 Å². The van der Waals surface area contributed by atoms with Crippen molar-refractivity contribution >= 4 is 40.1 Å². The maximum atomic E-state index is 12.8. The summed E-state index contributed by atoms with van der Waals surface area (Å²) in [5.74, 6) is 0.547. The molecule has 1 aromatic heterocycles. The summed E-state index contributed by atoms with van der Waals surface area (Å²) in [5.41, 5.74) is 12.6. The third-order valence-electron chi connectivity index (χ3n) is 5.30. The van der Waals surface area contributed by atoms with E-state index in [1.165, 1.54) is 6.33 Å². The van der Waals surface area contributed by atoms with Gasteiger partial charge < -0.3 is 20.3 Å². The molecule has 1 aliphatic rings. The van der Waals surface area contributed by atoms with E-state index in [4.69, 9.17) is 10.5 Å². The van der Waals surface area contributed by atoms with E-state index in [9.17, 15) is 9.59 Å². The second-order valence-corrected chi connectivity index (χ2v) is 7.24. The van der Waals surface area contributed by atoms with Gasteiger partial charge >= 0.3 is 6.09 Å². The van der Waals surface area contributed by atoms with Gasteiger partial charge in [0.2, 0.25) is 0 Å². The first-order chi connectivity index (χ1) is 15.6. The molecule has 2 aromatic carbocycles. The molecule has 2 amide bonds. The van der Waals surface area contributed by atoms with Gasteiger partial charge in [0, 0.05) is 31.7 Å². The van der Waals surface area contributed by atoms with Gasteiger partial charge in [0.25, 0.3) is 5.91 Å². The Labute approximate surface area is 185 Å². The average molecular weight is 435 g/mol. The zero-order valence-corrected chi connectivity index (χ0v) is 17.7. The Bertz CT molecular complexity index is 1120. The third kappa shape index (κ3) is 4.34. The van der Waals surface area contributed by atoms with Crippen molar-refractivity contribution in [3.63, 3.8) is 0 Å². The molecule has 166 valence electrons. The van der Waals surface area contributed by atoms with Gasteiger partial charge in [0.05, 0.1) is 6.61 Å². The summed E-state index contributed by atoms with van der Waals surface area (Å²) in [7, 11) is 0. The zero-order chi connectivity index (χ0) is 22.5. The van der Waals surface area contributed by atoms with Gasteiger partial charge in [0.1, 0.15) is 12.0 Å². The molecule has 32 heavy (non-hydrogen) atoms. The number of carbonyl (C=O) groups excluding carboxylic acids is 2. The molecular formula is C22H25N7O3. The fourth-order valence-electron chi connectivity index (χ4n) is 3.66. The summed E-state index contributed by atoms with van der Waals surface area (Å²) >= 11 is 0. The fourth-order valence-corrected chi connectivity index (χ4v) is 3.66. The first kappa shape index (κ1) is 21.2. The van der Waals surface area contributed by atoms with Crippen LogP contribution in [0.1, 0.15) is 17.3 Å². The van der Waals surface area contributed by atoms with Crippen molar-refractivity contribution < 1.29 is 14.3 Å². The van der Waals surface area contributed by atoms with Crippen LogP contribution in [-0.2, 0) is 4.74 Å². The molecule has 0 spiro atoms. The summed E-state index contributed by atoms with van der Waals surface area (Å²) in [6.07, 6.45) is 1.07. The van der Waals surface area contributed by atoms with Gasteiger partial charge in [-0.05, 0) is 23.8 Å². The molecule has 0 atom stereocenters. The minimum atomic E-state index is -0.318. The lowest BCUT2D eigenvalue weighted by Gasteiger charge is -2.35. The van der Waals surface area contributed by atoms with Gasteiger partial charge in [-0.2, -0.15) is 0 Å². The van der Waals surface area contributed by atoms with E-state index >= 15 is 0 Å². The van der Waals surface area contributed by atoms with Gasteiger partial charge in [-0.1, -0.05) is 36.4 Å². The Morgan fingerprint density at radius 3 is 2.59 bits per heavy atom. The number of nitrogens with one attached hydrogen (secondary N) is 2. The smallest absolute Gasteiger partial charge is 0.409 e. The average Bonchev–Trinajstić information content (AvgIpc) is 2.83. The van der Waals surface area contributed by atoms with Crippen LogP contribution in [0.4, 0.5) is 22.1 Å². The summed E-state index contributed by atoms with van der Waals surface area (Å²) in [6, 6.07) is 13.2. The van der Waals surface area contributed by atoms with Crippen molar-refractivity contribution in [2.24, 2.45) is 0 Å². The van der Waals surface area contributed by atoms with Crippen LogP contribution in [0.3, 0.4) is 0 Å². The Kier molecular flexibility index (Phi) is 6.20. The van der Waals surface area contributed by atoms with E-state index in [1.807, 2.05) is 41.3 Å². The maximum Gasteiger partial charge on any atom is 0.409 e. The molecule has 0 bridgehead atoms. The molecule has 3 aromatic rings. The number of fused-ring (bicyclic) bond motifs is 1. The first-order valence-electron chi connectivity index (χ1n) is 10.4. The Hall–Kier alpha value is -4.08. The number of benzene rings is 2. The van der Waals surface area contributed by atoms with Crippen molar-refractivity contribution in [2.75, 3.05) is 48.8 Å². The number of rotatable bonds is 5. The lowest BCUT2D eigenvalue weighted by molar-refractivity contribution is 0.0963. The minimum absolute atomic E-state index is 0.301. The summed E-state index contributed by atoms with van der Waals surface area (Å²) in [6.45, 7) is 4.25. The summed E-state index contributed by atoms with van der Waals surface area (Å²) < 4.78 is 5.05. The van der Waals surface area contributed by atoms with Crippen LogP contribution >= 0.6 is 0 Å². The van der Waals surface area contributed by atoms with Crippen molar-refractivity contribution in [2.45, 2.75) is 6.92 Å². The highest BCUT2D eigenvalue weighted by molar-refractivity contribution is 6.07. The predicted octanol–water partition coefficient (Wildman–Crippen LogP) is 2.25. The number of anilines is 3. The lowest BCUT2D eigenvalue weighted by atomic mass is 10.0. The predicted molar refractivity (Wildman–Crippen MR) is 122 cm³/mol. The van der Waals surface area contributed by atoms with Crippen LogP contribution < -0.4 is 21.5 Å².